The number of hydrogen-bond acceptors (Lipinski definition) is 3. The van der Waals surface area contributed by atoms with Crippen LogP contribution in [0.1, 0.15) is 28.2 Å². The minimum atomic E-state index is -0.831. The predicted octanol–water partition coefficient (Wildman–Crippen LogP) is 5.75. The number of para-hydroxylation sites is 2. The molecule has 0 N–H and O–H groups in total. The van der Waals surface area contributed by atoms with Crippen LogP contribution in [0.15, 0.2) is 109 Å². The standard InChI is InChI=1S/C32H23BrN2O3/c33-32-24-17-9-7-15-22(24)27(23-16-8-10-18-25(23)32)28-29(32)31(38)34(30(28)37)19-26(36)35(20-11-3-1-4-12-20)21-13-5-2-6-14-21/h1-18,27-29H,19H2/t27?,28-,29-,32?/m0/s1. The molecular weight excluding hydrogens is 540 g/mol. The maximum atomic E-state index is 14.1. The Hall–Kier alpha value is -4.03. The van der Waals surface area contributed by atoms with Crippen LogP contribution in [0.5, 0.6) is 0 Å². The van der Waals surface area contributed by atoms with E-state index in [1.165, 1.54) is 4.90 Å². The van der Waals surface area contributed by atoms with E-state index < -0.39 is 16.2 Å². The molecule has 6 heteroatoms. The Kier molecular flexibility index (Phi) is 5.17. The molecule has 1 fully saturated rings. The Morgan fingerprint density at radius 1 is 0.711 bits per heavy atom. The van der Waals surface area contributed by atoms with Crippen molar-refractivity contribution in [1.82, 2.24) is 4.90 Å². The minimum Gasteiger partial charge on any atom is -0.280 e. The SMILES string of the molecule is O=C1[C@@H]2[C@@H](C(=O)N1CC(=O)N(c1ccccc1)c1ccccc1)C1c3ccccc3C2(Br)c2ccccc21. The molecule has 3 aliphatic carbocycles. The largest absolute Gasteiger partial charge is 0.280 e. The molecule has 4 aromatic rings. The van der Waals surface area contributed by atoms with Crippen LogP contribution in [0.25, 0.3) is 0 Å². The van der Waals surface area contributed by atoms with Crippen molar-refractivity contribution >= 4 is 45.0 Å². The number of carbonyl (C=O) groups excluding carboxylic acids is 3. The summed E-state index contributed by atoms with van der Waals surface area (Å²) in [6, 6.07) is 34.7. The first-order valence-electron chi connectivity index (χ1n) is 12.7. The Morgan fingerprint density at radius 3 is 1.71 bits per heavy atom. The van der Waals surface area contributed by atoms with Gasteiger partial charge in [0, 0.05) is 17.3 Å². The minimum absolute atomic E-state index is 0.234. The number of amides is 3. The first-order valence-corrected chi connectivity index (χ1v) is 13.5. The van der Waals surface area contributed by atoms with Gasteiger partial charge in [-0.1, -0.05) is 101 Å². The van der Waals surface area contributed by atoms with Gasteiger partial charge >= 0.3 is 0 Å². The number of imide groups is 1. The summed E-state index contributed by atoms with van der Waals surface area (Å²) in [6.07, 6.45) is 0. The monoisotopic (exact) mass is 562 g/mol. The van der Waals surface area contributed by atoms with Gasteiger partial charge in [0.25, 0.3) is 5.91 Å². The number of rotatable bonds is 4. The summed E-state index contributed by atoms with van der Waals surface area (Å²) in [7, 11) is 0. The van der Waals surface area contributed by atoms with E-state index in [0.29, 0.717) is 11.4 Å². The van der Waals surface area contributed by atoms with E-state index in [0.717, 1.165) is 22.3 Å². The fourth-order valence-electron chi connectivity index (χ4n) is 6.69. The second-order valence-corrected chi connectivity index (χ2v) is 11.3. The molecule has 186 valence electrons. The molecule has 5 nitrogen and oxygen atoms in total. The molecule has 1 heterocycles. The second kappa shape index (κ2) is 8.50. The molecule has 8 rings (SSSR count). The maximum absolute atomic E-state index is 14.1. The lowest BCUT2D eigenvalue weighted by atomic mass is 9.55. The molecule has 2 bridgehead atoms. The van der Waals surface area contributed by atoms with Crippen LogP contribution >= 0.6 is 15.9 Å². The van der Waals surface area contributed by atoms with Crippen molar-refractivity contribution in [3.8, 4) is 0 Å². The number of likely N-dealkylation sites (tertiary alicyclic amines) is 1. The third-order valence-electron chi connectivity index (χ3n) is 8.18. The van der Waals surface area contributed by atoms with E-state index in [9.17, 15) is 14.4 Å². The number of benzene rings is 4. The molecule has 1 aliphatic heterocycles. The molecule has 4 aliphatic rings. The highest BCUT2D eigenvalue weighted by Crippen LogP contribution is 2.66. The average molecular weight is 563 g/mol. The molecule has 0 aromatic heterocycles. The van der Waals surface area contributed by atoms with Gasteiger partial charge in [-0.05, 0) is 46.5 Å². The molecule has 1 saturated heterocycles. The van der Waals surface area contributed by atoms with Crippen molar-refractivity contribution in [1.29, 1.82) is 0 Å². The van der Waals surface area contributed by atoms with Crippen molar-refractivity contribution in [2.45, 2.75) is 10.2 Å². The van der Waals surface area contributed by atoms with Crippen molar-refractivity contribution in [3.05, 3.63) is 131 Å². The quantitative estimate of drug-likeness (QED) is 0.235. The summed E-state index contributed by atoms with van der Waals surface area (Å²) < 4.78 is -0.831. The number of hydrogen-bond donors (Lipinski definition) is 0. The fourth-order valence-corrected chi connectivity index (χ4v) is 7.89. The predicted molar refractivity (Wildman–Crippen MR) is 148 cm³/mol. The Labute approximate surface area is 228 Å². The molecule has 38 heavy (non-hydrogen) atoms. The average Bonchev–Trinajstić information content (AvgIpc) is 3.21. The van der Waals surface area contributed by atoms with Gasteiger partial charge in [0.05, 0.1) is 16.2 Å². The van der Waals surface area contributed by atoms with E-state index in [4.69, 9.17) is 0 Å². The summed E-state index contributed by atoms with van der Waals surface area (Å²) in [5, 5.41) is 0. The lowest BCUT2D eigenvalue weighted by Gasteiger charge is -2.51. The molecule has 0 spiro atoms. The zero-order chi connectivity index (χ0) is 26.0. The summed E-state index contributed by atoms with van der Waals surface area (Å²) in [5.41, 5.74) is 5.53. The highest BCUT2D eigenvalue weighted by Gasteiger charge is 2.67. The van der Waals surface area contributed by atoms with Crippen LogP contribution in [0.4, 0.5) is 11.4 Å². The molecule has 0 saturated carbocycles. The van der Waals surface area contributed by atoms with Gasteiger partial charge in [0.2, 0.25) is 11.8 Å². The Morgan fingerprint density at radius 2 is 1.18 bits per heavy atom. The van der Waals surface area contributed by atoms with Crippen LogP contribution in [-0.2, 0) is 18.7 Å². The Balaban J connectivity index is 1.30. The topological polar surface area (TPSA) is 57.7 Å². The first-order chi connectivity index (χ1) is 18.5. The van der Waals surface area contributed by atoms with Gasteiger partial charge in [0.15, 0.2) is 0 Å². The van der Waals surface area contributed by atoms with E-state index in [1.807, 2.05) is 97.1 Å². The number of nitrogens with zero attached hydrogens (tertiary/aromatic N) is 2. The molecule has 2 atom stereocenters. The summed E-state index contributed by atoms with van der Waals surface area (Å²) in [5.74, 6) is -2.36. The van der Waals surface area contributed by atoms with Gasteiger partial charge in [0.1, 0.15) is 6.54 Å². The normalized spacial score (nSPS) is 24.6. The highest BCUT2D eigenvalue weighted by atomic mass is 79.9. The van der Waals surface area contributed by atoms with E-state index in [2.05, 4.69) is 28.1 Å². The molecule has 0 unspecified atom stereocenters. The van der Waals surface area contributed by atoms with Crippen LogP contribution in [0.3, 0.4) is 0 Å². The molecule has 3 amide bonds. The van der Waals surface area contributed by atoms with Gasteiger partial charge in [-0.3, -0.25) is 24.2 Å². The van der Waals surface area contributed by atoms with Crippen molar-refractivity contribution < 1.29 is 14.4 Å². The zero-order valence-electron chi connectivity index (χ0n) is 20.3. The summed E-state index contributed by atoms with van der Waals surface area (Å²) >= 11 is 4.01. The number of carbonyl (C=O) groups is 3. The fraction of sp³-hybridized carbons (Fsp3) is 0.156. The zero-order valence-corrected chi connectivity index (χ0v) is 21.9. The van der Waals surface area contributed by atoms with Gasteiger partial charge in [-0.15, -0.1) is 0 Å². The van der Waals surface area contributed by atoms with Gasteiger partial charge in [-0.2, -0.15) is 0 Å². The van der Waals surface area contributed by atoms with Crippen molar-refractivity contribution in [3.63, 3.8) is 0 Å². The third kappa shape index (κ3) is 3.07. The number of alkyl halides is 1. The molecule has 0 radical (unpaired) electrons. The van der Waals surface area contributed by atoms with Gasteiger partial charge in [-0.25, -0.2) is 0 Å². The maximum Gasteiger partial charge on any atom is 0.251 e. The lowest BCUT2D eigenvalue weighted by molar-refractivity contribution is -0.143. The first kappa shape index (κ1) is 23.1. The smallest absolute Gasteiger partial charge is 0.251 e. The van der Waals surface area contributed by atoms with Crippen LogP contribution in [0, 0.1) is 11.8 Å². The molecular formula is C32H23BrN2O3. The Bertz CT molecular complexity index is 1520. The highest BCUT2D eigenvalue weighted by molar-refractivity contribution is 9.09. The van der Waals surface area contributed by atoms with Gasteiger partial charge < -0.3 is 0 Å². The van der Waals surface area contributed by atoms with Crippen LogP contribution < -0.4 is 4.90 Å². The third-order valence-corrected chi connectivity index (χ3v) is 9.52. The van der Waals surface area contributed by atoms with Crippen molar-refractivity contribution in [2.24, 2.45) is 11.8 Å². The summed E-state index contributed by atoms with van der Waals surface area (Å²) in [6.45, 7) is -0.322. The van der Waals surface area contributed by atoms with Crippen LogP contribution in [0.2, 0.25) is 0 Å². The van der Waals surface area contributed by atoms with E-state index in [1.54, 1.807) is 4.90 Å². The second-order valence-electron chi connectivity index (χ2n) is 10.0. The number of anilines is 2. The van der Waals surface area contributed by atoms with Crippen molar-refractivity contribution in [2.75, 3.05) is 11.4 Å². The summed E-state index contributed by atoms with van der Waals surface area (Å²) in [4.78, 5) is 44.8. The lowest BCUT2D eigenvalue weighted by Crippen LogP contribution is -2.50. The van der Waals surface area contributed by atoms with E-state index in [-0.39, 0.29) is 30.2 Å². The van der Waals surface area contributed by atoms with E-state index >= 15 is 0 Å². The number of halogens is 1. The molecule has 4 aromatic carbocycles. The van der Waals surface area contributed by atoms with Crippen LogP contribution in [-0.4, -0.2) is 29.2 Å².